The molecule has 0 spiro atoms. The zero-order valence-electron chi connectivity index (χ0n) is 7.60. The molecule has 0 saturated carbocycles. The molecule has 0 aromatic carbocycles. The van der Waals surface area contributed by atoms with Crippen LogP contribution >= 0.6 is 0 Å². The van der Waals surface area contributed by atoms with Gasteiger partial charge in [-0.1, -0.05) is 0 Å². The Labute approximate surface area is 90.8 Å². The maximum absolute atomic E-state index is 12.6. The van der Waals surface area contributed by atoms with Crippen molar-refractivity contribution < 1.29 is 48.3 Å². The molecule has 0 rings (SSSR count). The second-order valence-electron chi connectivity index (χ2n) is 2.91. The van der Waals surface area contributed by atoms with E-state index in [0.29, 0.717) is 0 Å². The molecule has 0 amide bonds. The van der Waals surface area contributed by atoms with E-state index in [1.807, 2.05) is 0 Å². The van der Waals surface area contributed by atoms with Crippen molar-refractivity contribution in [3.8, 4) is 6.07 Å². The number of hydrogen-bond acceptors (Lipinski definition) is 1. The summed E-state index contributed by atoms with van der Waals surface area (Å²) in [7, 11) is 0. The summed E-state index contributed by atoms with van der Waals surface area (Å²) in [6.07, 6.45) is -14.1. The lowest BCUT2D eigenvalue weighted by Gasteiger charge is -2.35. The lowest BCUT2D eigenvalue weighted by Crippen LogP contribution is -2.66. The Morgan fingerprint density at radius 2 is 0.889 bits per heavy atom. The predicted molar refractivity (Wildman–Crippen MR) is 31.5 cm³/mol. The van der Waals surface area contributed by atoms with Gasteiger partial charge in [-0.05, 0) is 0 Å². The molecule has 1 nitrogen and oxygen atoms in total. The maximum atomic E-state index is 12.6. The predicted octanol–water partition coefficient (Wildman–Crippen LogP) is 3.61. The van der Waals surface area contributed by atoms with Crippen LogP contribution in [0.2, 0.25) is 0 Å². The number of nitrogens with zero attached hydrogens (tertiary/aromatic N) is 1. The van der Waals surface area contributed by atoms with Crippen LogP contribution < -0.4 is 0 Å². The van der Waals surface area contributed by atoms with Gasteiger partial charge in [0.2, 0.25) is 0 Å². The lowest BCUT2D eigenvalue weighted by molar-refractivity contribution is -0.400. The molecule has 0 radical (unpaired) electrons. The van der Waals surface area contributed by atoms with Gasteiger partial charge in [0.05, 0.1) is 0 Å². The third kappa shape index (κ3) is 1.95. The SMILES string of the molecule is N#CC(F)(C(F)(F)F)C(F)(F)C(F)(F)C(F)(F)F. The Balaban J connectivity index is 6.02. The van der Waals surface area contributed by atoms with E-state index >= 15 is 0 Å². The Kier molecular flexibility index (Phi) is 3.58. The average Bonchev–Trinajstić information content (AvgIpc) is 2.12. The maximum Gasteiger partial charge on any atom is 0.460 e. The van der Waals surface area contributed by atoms with Gasteiger partial charge in [0.1, 0.15) is 6.07 Å². The Bertz CT molecular complexity index is 357. The summed E-state index contributed by atoms with van der Waals surface area (Å²) >= 11 is 0. The summed E-state index contributed by atoms with van der Waals surface area (Å²) in [5.74, 6) is -14.7. The summed E-state index contributed by atoms with van der Waals surface area (Å²) in [5, 5.41) is 7.56. The van der Waals surface area contributed by atoms with E-state index in [4.69, 9.17) is 5.26 Å². The molecular formula is C6F11N. The van der Waals surface area contributed by atoms with E-state index in [1.54, 1.807) is 0 Å². The third-order valence-electron chi connectivity index (χ3n) is 1.73. The van der Waals surface area contributed by atoms with Crippen LogP contribution in [0.3, 0.4) is 0 Å². The highest BCUT2D eigenvalue weighted by molar-refractivity contribution is 5.20. The van der Waals surface area contributed by atoms with Crippen molar-refractivity contribution in [1.29, 1.82) is 5.26 Å². The highest BCUT2D eigenvalue weighted by Gasteiger charge is 2.87. The second kappa shape index (κ2) is 3.86. The van der Waals surface area contributed by atoms with Crippen molar-refractivity contribution in [1.82, 2.24) is 0 Å². The zero-order valence-corrected chi connectivity index (χ0v) is 7.60. The molecule has 0 heterocycles. The molecule has 0 fully saturated rings. The van der Waals surface area contributed by atoms with E-state index in [1.165, 1.54) is 0 Å². The summed E-state index contributed by atoms with van der Waals surface area (Å²) in [4.78, 5) is 0. The number of nitriles is 1. The number of alkyl halides is 11. The van der Waals surface area contributed by atoms with Gasteiger partial charge in [-0.25, -0.2) is 4.39 Å². The van der Waals surface area contributed by atoms with Crippen LogP contribution in [0.15, 0.2) is 0 Å². The van der Waals surface area contributed by atoms with Gasteiger partial charge >= 0.3 is 29.9 Å². The molecule has 18 heavy (non-hydrogen) atoms. The first-order valence-corrected chi connectivity index (χ1v) is 3.55. The molecule has 0 bridgehead atoms. The number of halogens is 11. The number of hydrogen-bond donors (Lipinski definition) is 0. The minimum Gasteiger partial charge on any atom is -0.210 e. The minimum absolute atomic E-state index is 0.885. The lowest BCUT2D eigenvalue weighted by atomic mass is 9.92. The van der Waals surface area contributed by atoms with Crippen LogP contribution in [0.5, 0.6) is 0 Å². The highest BCUT2D eigenvalue weighted by atomic mass is 19.4. The fourth-order valence-electron chi connectivity index (χ4n) is 0.706. The van der Waals surface area contributed by atoms with Crippen LogP contribution in [-0.4, -0.2) is 29.9 Å². The van der Waals surface area contributed by atoms with Crippen molar-refractivity contribution >= 4 is 0 Å². The van der Waals surface area contributed by atoms with Gasteiger partial charge < -0.3 is 0 Å². The first-order valence-electron chi connectivity index (χ1n) is 3.55. The van der Waals surface area contributed by atoms with Gasteiger partial charge in [0.25, 0.3) is 0 Å². The van der Waals surface area contributed by atoms with Gasteiger partial charge in [-0.2, -0.15) is 49.2 Å². The van der Waals surface area contributed by atoms with Crippen LogP contribution in [0, 0.1) is 11.3 Å². The minimum atomic E-state index is -7.38. The smallest absolute Gasteiger partial charge is 0.210 e. The molecule has 1 atom stereocenters. The Morgan fingerprint density at radius 1 is 0.556 bits per heavy atom. The van der Waals surface area contributed by atoms with Crippen LogP contribution in [0.4, 0.5) is 48.3 Å². The van der Waals surface area contributed by atoms with Gasteiger partial charge in [0.15, 0.2) is 0 Å². The number of rotatable bonds is 2. The molecule has 0 saturated heterocycles. The van der Waals surface area contributed by atoms with Gasteiger partial charge in [-0.15, -0.1) is 0 Å². The highest BCUT2D eigenvalue weighted by Crippen LogP contribution is 2.56. The van der Waals surface area contributed by atoms with Crippen LogP contribution in [0.25, 0.3) is 0 Å². The van der Waals surface area contributed by atoms with Crippen molar-refractivity contribution in [3.05, 3.63) is 0 Å². The fourth-order valence-corrected chi connectivity index (χ4v) is 0.706. The van der Waals surface area contributed by atoms with Gasteiger partial charge in [-0.3, -0.25) is 0 Å². The van der Waals surface area contributed by atoms with Crippen LogP contribution in [0.1, 0.15) is 0 Å². The van der Waals surface area contributed by atoms with Crippen molar-refractivity contribution in [2.24, 2.45) is 0 Å². The molecule has 0 N–H and O–H groups in total. The monoisotopic (exact) mass is 295 g/mol. The molecule has 12 heteroatoms. The quantitative estimate of drug-likeness (QED) is 0.714. The first kappa shape index (κ1) is 16.7. The fraction of sp³-hybridized carbons (Fsp3) is 0.833. The largest absolute Gasteiger partial charge is 0.460 e. The molecule has 0 aromatic rings. The molecule has 0 aliphatic heterocycles. The topological polar surface area (TPSA) is 23.8 Å². The van der Waals surface area contributed by atoms with E-state index in [9.17, 15) is 48.3 Å². The van der Waals surface area contributed by atoms with Crippen molar-refractivity contribution in [2.75, 3.05) is 0 Å². The third-order valence-corrected chi connectivity index (χ3v) is 1.73. The molecule has 0 aliphatic rings. The standard InChI is InChI=1S/C6F11N/c7-2(1-18,5(12,13)14)3(8,9)4(10,11)6(15,16)17. The normalized spacial score (nSPS) is 18.1. The molecule has 0 aromatic heterocycles. The summed E-state index contributed by atoms with van der Waals surface area (Å²) in [6.45, 7) is 0. The molecular weight excluding hydrogens is 295 g/mol. The average molecular weight is 295 g/mol. The Morgan fingerprint density at radius 3 is 1.06 bits per heavy atom. The van der Waals surface area contributed by atoms with Crippen molar-refractivity contribution in [3.63, 3.8) is 0 Å². The van der Waals surface area contributed by atoms with E-state index in [-0.39, 0.29) is 0 Å². The van der Waals surface area contributed by atoms with E-state index < -0.39 is 35.9 Å². The summed E-state index contributed by atoms with van der Waals surface area (Å²) in [5.41, 5.74) is -6.68. The van der Waals surface area contributed by atoms with E-state index in [0.717, 1.165) is 0 Å². The molecule has 106 valence electrons. The summed E-state index contributed by atoms with van der Waals surface area (Å²) < 4.78 is 132. The molecule has 0 aliphatic carbocycles. The Hall–Kier alpha value is -1.28. The first-order chi connectivity index (χ1) is 7.56. The van der Waals surface area contributed by atoms with Crippen LogP contribution in [-0.2, 0) is 0 Å². The molecule has 1 unspecified atom stereocenters. The second-order valence-corrected chi connectivity index (χ2v) is 2.91. The summed E-state index contributed by atoms with van der Waals surface area (Å²) in [6, 6.07) is -0.885. The van der Waals surface area contributed by atoms with E-state index in [2.05, 4.69) is 0 Å². The zero-order chi connectivity index (χ0) is 15.2. The van der Waals surface area contributed by atoms with Crippen molar-refractivity contribution in [2.45, 2.75) is 29.9 Å². The van der Waals surface area contributed by atoms with Gasteiger partial charge in [0, 0.05) is 0 Å².